The summed E-state index contributed by atoms with van der Waals surface area (Å²) in [6.45, 7) is 4.94. The van der Waals surface area contributed by atoms with Crippen LogP contribution in [0.4, 0.5) is 0 Å². The van der Waals surface area contributed by atoms with Gasteiger partial charge in [0.05, 0.1) is 10.0 Å². The third-order valence-electron chi connectivity index (χ3n) is 3.21. The van der Waals surface area contributed by atoms with E-state index in [2.05, 4.69) is 43.4 Å². The van der Waals surface area contributed by atoms with E-state index in [1.165, 1.54) is 11.1 Å². The van der Waals surface area contributed by atoms with E-state index < -0.39 is 0 Å². The van der Waals surface area contributed by atoms with Gasteiger partial charge in [0.25, 0.3) is 0 Å². The monoisotopic (exact) mass is 293 g/mol. The van der Waals surface area contributed by atoms with Gasteiger partial charge in [0, 0.05) is 12.6 Å². The molecule has 0 radical (unpaired) electrons. The van der Waals surface area contributed by atoms with Crippen molar-refractivity contribution in [1.29, 1.82) is 0 Å². The Morgan fingerprint density at radius 1 is 1.05 bits per heavy atom. The molecule has 0 fully saturated rings. The van der Waals surface area contributed by atoms with Crippen molar-refractivity contribution in [2.75, 3.05) is 0 Å². The standard InChI is InChI=1S/C16H17Cl2N/c1-11-6-8-13(9-7-11)12(2)19-10-14-4-3-5-15(17)16(14)18/h3-9,12,19H,10H2,1-2H3. The molecule has 0 spiro atoms. The van der Waals surface area contributed by atoms with Crippen LogP contribution in [0.15, 0.2) is 42.5 Å². The zero-order chi connectivity index (χ0) is 13.8. The summed E-state index contributed by atoms with van der Waals surface area (Å²) in [5, 5.41) is 4.69. The zero-order valence-corrected chi connectivity index (χ0v) is 12.6. The second-order valence-electron chi connectivity index (χ2n) is 4.73. The minimum absolute atomic E-state index is 0.274. The van der Waals surface area contributed by atoms with Crippen LogP contribution in [0.5, 0.6) is 0 Å². The molecule has 2 aromatic rings. The summed E-state index contributed by atoms with van der Waals surface area (Å²) in [4.78, 5) is 0. The molecule has 0 heterocycles. The van der Waals surface area contributed by atoms with Gasteiger partial charge in [0.15, 0.2) is 0 Å². The molecule has 0 aliphatic carbocycles. The van der Waals surface area contributed by atoms with Crippen molar-refractivity contribution < 1.29 is 0 Å². The van der Waals surface area contributed by atoms with E-state index in [1.807, 2.05) is 12.1 Å². The molecule has 19 heavy (non-hydrogen) atoms. The van der Waals surface area contributed by atoms with Crippen molar-refractivity contribution in [3.05, 3.63) is 69.2 Å². The van der Waals surface area contributed by atoms with Gasteiger partial charge in [-0.2, -0.15) is 0 Å². The lowest BCUT2D eigenvalue weighted by molar-refractivity contribution is 0.575. The minimum atomic E-state index is 0.274. The Balaban J connectivity index is 2.02. The number of halogens is 2. The summed E-state index contributed by atoms with van der Waals surface area (Å²) < 4.78 is 0. The highest BCUT2D eigenvalue weighted by molar-refractivity contribution is 6.42. The number of hydrogen-bond donors (Lipinski definition) is 1. The third-order valence-corrected chi connectivity index (χ3v) is 4.07. The Labute approximate surface area is 124 Å². The molecule has 3 heteroatoms. The van der Waals surface area contributed by atoms with Crippen LogP contribution < -0.4 is 5.32 Å². The van der Waals surface area contributed by atoms with E-state index in [4.69, 9.17) is 23.2 Å². The molecule has 1 atom stereocenters. The molecule has 0 amide bonds. The Hall–Kier alpha value is -1.02. The van der Waals surface area contributed by atoms with Crippen molar-refractivity contribution in [3.63, 3.8) is 0 Å². The van der Waals surface area contributed by atoms with Crippen LogP contribution in [-0.2, 0) is 6.54 Å². The van der Waals surface area contributed by atoms with Crippen molar-refractivity contribution in [1.82, 2.24) is 5.32 Å². The Morgan fingerprint density at radius 3 is 2.42 bits per heavy atom. The molecule has 0 aliphatic heterocycles. The molecule has 0 saturated carbocycles. The molecule has 2 rings (SSSR count). The molecule has 1 nitrogen and oxygen atoms in total. The fraction of sp³-hybridized carbons (Fsp3) is 0.250. The lowest BCUT2D eigenvalue weighted by Crippen LogP contribution is -2.18. The van der Waals surface area contributed by atoms with Gasteiger partial charge in [-0.25, -0.2) is 0 Å². The first-order valence-electron chi connectivity index (χ1n) is 6.31. The predicted octanol–water partition coefficient (Wildman–Crippen LogP) is 5.15. The van der Waals surface area contributed by atoms with E-state index in [0.29, 0.717) is 16.6 Å². The van der Waals surface area contributed by atoms with E-state index in [0.717, 1.165) is 5.56 Å². The number of nitrogens with one attached hydrogen (secondary N) is 1. The highest BCUT2D eigenvalue weighted by Gasteiger charge is 2.07. The molecule has 0 aliphatic rings. The predicted molar refractivity (Wildman–Crippen MR) is 82.9 cm³/mol. The molecule has 100 valence electrons. The summed E-state index contributed by atoms with van der Waals surface area (Å²) in [7, 11) is 0. The molecular weight excluding hydrogens is 277 g/mol. The molecule has 1 N–H and O–H groups in total. The van der Waals surface area contributed by atoms with E-state index in [1.54, 1.807) is 6.07 Å². The van der Waals surface area contributed by atoms with Crippen molar-refractivity contribution in [3.8, 4) is 0 Å². The highest BCUT2D eigenvalue weighted by atomic mass is 35.5. The summed E-state index contributed by atoms with van der Waals surface area (Å²) in [5.41, 5.74) is 3.56. The normalized spacial score (nSPS) is 12.4. The van der Waals surface area contributed by atoms with Gasteiger partial charge in [-0.05, 0) is 31.0 Å². The van der Waals surface area contributed by atoms with Crippen molar-refractivity contribution >= 4 is 23.2 Å². The van der Waals surface area contributed by atoms with Crippen LogP contribution in [0, 0.1) is 6.92 Å². The fourth-order valence-corrected chi connectivity index (χ4v) is 2.31. The third kappa shape index (κ3) is 3.73. The molecule has 0 bridgehead atoms. The number of benzene rings is 2. The maximum absolute atomic E-state index is 6.17. The summed E-state index contributed by atoms with van der Waals surface area (Å²) in [6.07, 6.45) is 0. The van der Waals surface area contributed by atoms with Crippen molar-refractivity contribution in [2.24, 2.45) is 0 Å². The van der Waals surface area contributed by atoms with Crippen LogP contribution >= 0.6 is 23.2 Å². The zero-order valence-electron chi connectivity index (χ0n) is 11.1. The van der Waals surface area contributed by atoms with Gasteiger partial charge in [-0.3, -0.25) is 0 Å². The minimum Gasteiger partial charge on any atom is -0.306 e. The fourth-order valence-electron chi connectivity index (χ4n) is 1.92. The van der Waals surface area contributed by atoms with Crippen LogP contribution in [0.3, 0.4) is 0 Å². The van der Waals surface area contributed by atoms with E-state index in [9.17, 15) is 0 Å². The average molecular weight is 294 g/mol. The Bertz CT molecular complexity index is 549. The number of rotatable bonds is 4. The lowest BCUT2D eigenvalue weighted by atomic mass is 10.1. The summed E-state index contributed by atoms with van der Waals surface area (Å²) in [6, 6.07) is 14.5. The number of aryl methyl sites for hydroxylation is 1. The smallest absolute Gasteiger partial charge is 0.0637 e. The van der Waals surface area contributed by atoms with Crippen LogP contribution in [0.2, 0.25) is 10.0 Å². The van der Waals surface area contributed by atoms with Crippen molar-refractivity contribution in [2.45, 2.75) is 26.4 Å². The largest absolute Gasteiger partial charge is 0.306 e. The van der Waals surface area contributed by atoms with Gasteiger partial charge >= 0.3 is 0 Å². The lowest BCUT2D eigenvalue weighted by Gasteiger charge is -2.15. The van der Waals surface area contributed by atoms with Gasteiger partial charge in [0.2, 0.25) is 0 Å². The van der Waals surface area contributed by atoms with E-state index >= 15 is 0 Å². The molecule has 2 aromatic carbocycles. The van der Waals surface area contributed by atoms with Crippen LogP contribution in [-0.4, -0.2) is 0 Å². The maximum atomic E-state index is 6.17. The SMILES string of the molecule is Cc1ccc(C(C)NCc2cccc(Cl)c2Cl)cc1. The first-order valence-corrected chi connectivity index (χ1v) is 7.06. The quantitative estimate of drug-likeness (QED) is 0.822. The highest BCUT2D eigenvalue weighted by Crippen LogP contribution is 2.26. The Morgan fingerprint density at radius 2 is 1.74 bits per heavy atom. The molecule has 0 saturated heterocycles. The Kier molecular flexibility index (Phi) is 4.87. The number of hydrogen-bond acceptors (Lipinski definition) is 1. The second kappa shape index (κ2) is 6.42. The topological polar surface area (TPSA) is 12.0 Å². The molecule has 1 unspecified atom stereocenters. The van der Waals surface area contributed by atoms with Crippen LogP contribution in [0.25, 0.3) is 0 Å². The van der Waals surface area contributed by atoms with Gasteiger partial charge in [-0.15, -0.1) is 0 Å². The van der Waals surface area contributed by atoms with Gasteiger partial charge in [-0.1, -0.05) is 65.2 Å². The summed E-state index contributed by atoms with van der Waals surface area (Å²) >= 11 is 12.2. The molecular formula is C16H17Cl2N. The van der Waals surface area contributed by atoms with Gasteiger partial charge < -0.3 is 5.32 Å². The average Bonchev–Trinajstić information content (AvgIpc) is 2.41. The van der Waals surface area contributed by atoms with Gasteiger partial charge in [0.1, 0.15) is 0 Å². The first kappa shape index (κ1) is 14.4. The summed E-state index contributed by atoms with van der Waals surface area (Å²) in [5.74, 6) is 0. The maximum Gasteiger partial charge on any atom is 0.0637 e. The second-order valence-corrected chi connectivity index (χ2v) is 5.51. The molecule has 0 aromatic heterocycles. The first-order chi connectivity index (χ1) is 9.08. The van der Waals surface area contributed by atoms with E-state index in [-0.39, 0.29) is 6.04 Å². The van der Waals surface area contributed by atoms with Crippen LogP contribution in [0.1, 0.15) is 29.7 Å².